The van der Waals surface area contributed by atoms with Crippen LogP contribution in [0.5, 0.6) is 0 Å². The predicted octanol–water partition coefficient (Wildman–Crippen LogP) is 4.34. The third-order valence-corrected chi connectivity index (χ3v) is 4.59. The van der Waals surface area contributed by atoms with Crippen molar-refractivity contribution < 1.29 is 0 Å². The number of hydrogen-bond donors (Lipinski definition) is 1. The van der Waals surface area contributed by atoms with E-state index in [0.29, 0.717) is 5.92 Å². The largest absolute Gasteiger partial charge is 0.324 e. The van der Waals surface area contributed by atoms with Crippen molar-refractivity contribution in [1.82, 2.24) is 0 Å². The van der Waals surface area contributed by atoms with Crippen LogP contribution in [0, 0.1) is 12.8 Å². The van der Waals surface area contributed by atoms with Crippen LogP contribution in [0.15, 0.2) is 22.7 Å². The minimum Gasteiger partial charge on any atom is -0.324 e. The highest BCUT2D eigenvalue weighted by molar-refractivity contribution is 9.10. The molecule has 1 fully saturated rings. The number of aryl methyl sites for hydroxylation is 1. The van der Waals surface area contributed by atoms with Gasteiger partial charge in [0, 0.05) is 10.5 Å². The second-order valence-corrected chi connectivity index (χ2v) is 5.79. The molecule has 1 aliphatic carbocycles. The summed E-state index contributed by atoms with van der Waals surface area (Å²) in [6, 6.07) is 6.74. The Labute approximate surface area is 107 Å². The summed E-state index contributed by atoms with van der Waals surface area (Å²) in [4.78, 5) is 0. The first-order valence-electron chi connectivity index (χ1n) is 6.20. The quantitative estimate of drug-likeness (QED) is 0.858. The smallest absolute Gasteiger partial charge is 0.0323 e. The summed E-state index contributed by atoms with van der Waals surface area (Å²) in [6.07, 6.45) is 6.69. The maximum Gasteiger partial charge on any atom is 0.0323 e. The molecule has 1 nitrogen and oxygen atoms in total. The Morgan fingerprint density at radius 1 is 1.25 bits per heavy atom. The van der Waals surface area contributed by atoms with Gasteiger partial charge in [0.1, 0.15) is 0 Å². The van der Waals surface area contributed by atoms with Gasteiger partial charge in [-0.15, -0.1) is 0 Å². The van der Waals surface area contributed by atoms with E-state index in [1.807, 2.05) is 0 Å². The molecule has 0 aliphatic heterocycles. The van der Waals surface area contributed by atoms with Crippen LogP contribution >= 0.6 is 15.9 Å². The Balaban J connectivity index is 2.12. The molecular formula is C14H20BrN. The lowest BCUT2D eigenvalue weighted by Gasteiger charge is -2.28. The SMILES string of the molecule is Cc1ccc(C(N)C2CCCCC2)cc1Br. The summed E-state index contributed by atoms with van der Waals surface area (Å²) in [5, 5.41) is 0. The second-order valence-electron chi connectivity index (χ2n) is 4.93. The molecule has 0 amide bonds. The number of hydrogen-bond acceptors (Lipinski definition) is 1. The molecule has 16 heavy (non-hydrogen) atoms. The van der Waals surface area contributed by atoms with Crippen LogP contribution < -0.4 is 5.73 Å². The fourth-order valence-electron chi connectivity index (χ4n) is 2.58. The van der Waals surface area contributed by atoms with Crippen LogP contribution in [-0.2, 0) is 0 Å². The fraction of sp³-hybridized carbons (Fsp3) is 0.571. The van der Waals surface area contributed by atoms with Crippen LogP contribution in [-0.4, -0.2) is 0 Å². The Hall–Kier alpha value is -0.340. The summed E-state index contributed by atoms with van der Waals surface area (Å²) < 4.78 is 1.18. The first-order valence-corrected chi connectivity index (χ1v) is 6.99. The van der Waals surface area contributed by atoms with Crippen molar-refractivity contribution in [2.75, 3.05) is 0 Å². The van der Waals surface area contributed by atoms with Gasteiger partial charge in [-0.3, -0.25) is 0 Å². The van der Waals surface area contributed by atoms with Crippen molar-refractivity contribution in [3.05, 3.63) is 33.8 Å². The maximum atomic E-state index is 6.37. The van der Waals surface area contributed by atoms with E-state index in [0.717, 1.165) is 0 Å². The number of halogens is 1. The van der Waals surface area contributed by atoms with Gasteiger partial charge in [0.2, 0.25) is 0 Å². The molecule has 0 aromatic heterocycles. The van der Waals surface area contributed by atoms with Gasteiger partial charge in [0.25, 0.3) is 0 Å². The molecule has 1 atom stereocenters. The normalized spacial score (nSPS) is 19.7. The minimum atomic E-state index is 0.220. The van der Waals surface area contributed by atoms with E-state index >= 15 is 0 Å². The molecule has 1 unspecified atom stereocenters. The predicted molar refractivity (Wildman–Crippen MR) is 72.4 cm³/mol. The summed E-state index contributed by atoms with van der Waals surface area (Å²) in [5.74, 6) is 0.684. The standard InChI is InChI=1S/C14H20BrN/c1-10-7-8-12(9-13(10)15)14(16)11-5-3-2-4-6-11/h7-9,11,14H,2-6,16H2,1H3. The number of benzene rings is 1. The molecule has 2 rings (SSSR count). The van der Waals surface area contributed by atoms with Gasteiger partial charge in [-0.1, -0.05) is 47.3 Å². The molecule has 1 aromatic carbocycles. The van der Waals surface area contributed by atoms with Crippen LogP contribution in [0.4, 0.5) is 0 Å². The lowest BCUT2D eigenvalue weighted by molar-refractivity contribution is 0.308. The van der Waals surface area contributed by atoms with Gasteiger partial charge in [0.15, 0.2) is 0 Å². The van der Waals surface area contributed by atoms with Crippen LogP contribution in [0.3, 0.4) is 0 Å². The molecule has 0 radical (unpaired) electrons. The second kappa shape index (κ2) is 5.33. The van der Waals surface area contributed by atoms with E-state index in [1.165, 1.54) is 47.7 Å². The zero-order valence-electron chi connectivity index (χ0n) is 9.88. The van der Waals surface area contributed by atoms with Crippen molar-refractivity contribution in [3.63, 3.8) is 0 Å². The topological polar surface area (TPSA) is 26.0 Å². The molecule has 0 saturated heterocycles. The Kier molecular flexibility index (Phi) is 4.04. The van der Waals surface area contributed by atoms with Crippen LogP contribution in [0.25, 0.3) is 0 Å². The van der Waals surface area contributed by atoms with E-state index in [-0.39, 0.29) is 6.04 Å². The zero-order chi connectivity index (χ0) is 11.5. The maximum absolute atomic E-state index is 6.37. The van der Waals surface area contributed by atoms with Gasteiger partial charge in [-0.05, 0) is 42.9 Å². The van der Waals surface area contributed by atoms with Crippen molar-refractivity contribution in [2.24, 2.45) is 11.7 Å². The lowest BCUT2D eigenvalue weighted by Crippen LogP contribution is -2.23. The van der Waals surface area contributed by atoms with Gasteiger partial charge in [-0.2, -0.15) is 0 Å². The average Bonchev–Trinajstić information content (AvgIpc) is 2.33. The van der Waals surface area contributed by atoms with Crippen molar-refractivity contribution in [3.8, 4) is 0 Å². The van der Waals surface area contributed by atoms with Crippen molar-refractivity contribution in [2.45, 2.75) is 45.1 Å². The Morgan fingerprint density at radius 2 is 1.94 bits per heavy atom. The van der Waals surface area contributed by atoms with Crippen molar-refractivity contribution in [1.29, 1.82) is 0 Å². The summed E-state index contributed by atoms with van der Waals surface area (Å²) in [5.41, 5.74) is 8.93. The van der Waals surface area contributed by atoms with Gasteiger partial charge in [-0.25, -0.2) is 0 Å². The molecule has 0 bridgehead atoms. The van der Waals surface area contributed by atoms with Gasteiger partial charge in [0.05, 0.1) is 0 Å². The molecule has 1 saturated carbocycles. The molecular weight excluding hydrogens is 262 g/mol. The first-order chi connectivity index (χ1) is 7.68. The molecule has 1 aromatic rings. The van der Waals surface area contributed by atoms with Crippen LogP contribution in [0.1, 0.15) is 49.3 Å². The first kappa shape index (κ1) is 12.1. The fourth-order valence-corrected chi connectivity index (χ4v) is 2.98. The molecule has 88 valence electrons. The van der Waals surface area contributed by atoms with E-state index in [4.69, 9.17) is 5.73 Å². The molecule has 1 aliphatic rings. The summed E-state index contributed by atoms with van der Waals surface area (Å²) in [6.45, 7) is 2.11. The van der Waals surface area contributed by atoms with Gasteiger partial charge < -0.3 is 5.73 Å². The van der Waals surface area contributed by atoms with E-state index in [2.05, 4.69) is 41.1 Å². The molecule has 0 heterocycles. The number of rotatable bonds is 2. The Morgan fingerprint density at radius 3 is 2.56 bits per heavy atom. The zero-order valence-corrected chi connectivity index (χ0v) is 11.5. The van der Waals surface area contributed by atoms with E-state index < -0.39 is 0 Å². The third-order valence-electron chi connectivity index (χ3n) is 3.74. The Bertz CT molecular complexity index is 356. The lowest BCUT2D eigenvalue weighted by atomic mass is 9.81. The minimum absolute atomic E-state index is 0.220. The monoisotopic (exact) mass is 281 g/mol. The third kappa shape index (κ3) is 2.67. The number of nitrogens with two attached hydrogens (primary N) is 1. The average molecular weight is 282 g/mol. The highest BCUT2D eigenvalue weighted by Gasteiger charge is 2.21. The molecule has 2 N–H and O–H groups in total. The van der Waals surface area contributed by atoms with Crippen LogP contribution in [0.2, 0.25) is 0 Å². The van der Waals surface area contributed by atoms with E-state index in [9.17, 15) is 0 Å². The van der Waals surface area contributed by atoms with E-state index in [1.54, 1.807) is 0 Å². The summed E-state index contributed by atoms with van der Waals surface area (Å²) >= 11 is 3.58. The van der Waals surface area contributed by atoms with Gasteiger partial charge >= 0.3 is 0 Å². The molecule has 0 spiro atoms. The summed E-state index contributed by atoms with van der Waals surface area (Å²) in [7, 11) is 0. The highest BCUT2D eigenvalue weighted by Crippen LogP contribution is 2.34. The van der Waals surface area contributed by atoms with Crippen molar-refractivity contribution >= 4 is 15.9 Å². The molecule has 2 heteroatoms. The highest BCUT2D eigenvalue weighted by atomic mass is 79.9.